The van der Waals surface area contributed by atoms with Crippen molar-refractivity contribution in [2.24, 2.45) is 17.3 Å². The van der Waals surface area contributed by atoms with Crippen molar-refractivity contribution in [3.05, 3.63) is 63.3 Å². The van der Waals surface area contributed by atoms with E-state index in [1.54, 1.807) is 17.7 Å². The van der Waals surface area contributed by atoms with Gasteiger partial charge in [0, 0.05) is 43.0 Å². The number of carbonyl (C=O) groups is 1. The van der Waals surface area contributed by atoms with Crippen LogP contribution in [0.2, 0.25) is 0 Å². The molecular formula is C26H31F3N4O2. The molecule has 3 fully saturated rings. The van der Waals surface area contributed by atoms with Gasteiger partial charge in [-0.3, -0.25) is 9.59 Å². The highest BCUT2D eigenvalue weighted by molar-refractivity contribution is 5.99. The monoisotopic (exact) mass is 488 g/mol. The quantitative estimate of drug-likeness (QED) is 0.608. The summed E-state index contributed by atoms with van der Waals surface area (Å²) < 4.78 is 42.6. The maximum atomic E-state index is 14.7. The number of alkyl halides is 2. The number of nitrogens with zero attached hydrogens (tertiary/aromatic N) is 2. The third-order valence-electron chi connectivity index (χ3n) is 7.93. The molecule has 1 aromatic heterocycles. The summed E-state index contributed by atoms with van der Waals surface area (Å²) in [5.74, 6) is -0.554. The largest absolute Gasteiger partial charge is 0.381 e. The summed E-state index contributed by atoms with van der Waals surface area (Å²) in [4.78, 5) is 28.6. The molecule has 9 heteroatoms. The number of amides is 1. The molecule has 188 valence electrons. The third kappa shape index (κ3) is 4.35. The van der Waals surface area contributed by atoms with Crippen molar-refractivity contribution in [2.75, 3.05) is 25.5 Å². The molecule has 6 nitrogen and oxygen atoms in total. The number of pyridine rings is 1. The predicted octanol–water partition coefficient (Wildman–Crippen LogP) is 4.36. The van der Waals surface area contributed by atoms with Gasteiger partial charge in [-0.15, -0.1) is 0 Å². The summed E-state index contributed by atoms with van der Waals surface area (Å²) in [6, 6.07) is 4.61. The minimum atomic E-state index is -2.95. The average Bonchev–Trinajstić information content (AvgIpc) is 3.54. The maximum absolute atomic E-state index is 14.7. The molecule has 1 unspecified atom stereocenters. The molecule has 1 amide bonds. The predicted molar refractivity (Wildman–Crippen MR) is 127 cm³/mol. The fourth-order valence-corrected chi connectivity index (χ4v) is 5.56. The maximum Gasteiger partial charge on any atom is 0.266 e. The summed E-state index contributed by atoms with van der Waals surface area (Å²) in [5, 5.41) is 6.16. The number of aromatic nitrogens is 1. The number of likely N-dealkylation sites (tertiary alicyclic amines) is 1. The van der Waals surface area contributed by atoms with Gasteiger partial charge in [0.2, 0.25) is 0 Å². The Labute approximate surface area is 202 Å². The van der Waals surface area contributed by atoms with Crippen LogP contribution in [-0.2, 0) is 0 Å². The molecule has 2 heterocycles. The van der Waals surface area contributed by atoms with Crippen LogP contribution in [0.1, 0.15) is 67.2 Å². The van der Waals surface area contributed by atoms with Crippen molar-refractivity contribution in [1.29, 1.82) is 0 Å². The first-order chi connectivity index (χ1) is 16.5. The molecule has 35 heavy (non-hydrogen) atoms. The normalized spacial score (nSPS) is 27.4. The Morgan fingerprint density at radius 2 is 1.80 bits per heavy atom. The van der Waals surface area contributed by atoms with Gasteiger partial charge in [0.25, 0.3) is 17.9 Å². The zero-order valence-electron chi connectivity index (χ0n) is 20.3. The van der Waals surface area contributed by atoms with Gasteiger partial charge in [0.1, 0.15) is 5.82 Å². The highest BCUT2D eigenvalue weighted by Crippen LogP contribution is 2.55. The number of fused-ring (bicyclic) bond motifs is 1. The van der Waals surface area contributed by atoms with Crippen LogP contribution in [0.4, 0.5) is 18.9 Å². The van der Waals surface area contributed by atoms with Gasteiger partial charge in [0.15, 0.2) is 0 Å². The summed E-state index contributed by atoms with van der Waals surface area (Å²) in [7, 11) is 2.07. The summed E-state index contributed by atoms with van der Waals surface area (Å²) in [6.45, 7) is 7.62. The van der Waals surface area contributed by atoms with Crippen molar-refractivity contribution in [1.82, 2.24) is 14.8 Å². The summed E-state index contributed by atoms with van der Waals surface area (Å²) in [5.41, 5.74) is -0.160. The number of hydrogen-bond acceptors (Lipinski definition) is 4. The molecule has 5 rings (SSSR count). The lowest BCUT2D eigenvalue weighted by atomic mass is 10.0. The van der Waals surface area contributed by atoms with Gasteiger partial charge in [-0.25, -0.2) is 13.2 Å². The van der Waals surface area contributed by atoms with Crippen molar-refractivity contribution in [3.8, 4) is 0 Å². The summed E-state index contributed by atoms with van der Waals surface area (Å²) >= 11 is 0. The zero-order chi connectivity index (χ0) is 25.2. The molecule has 0 radical (unpaired) electrons. The van der Waals surface area contributed by atoms with Crippen LogP contribution < -0.4 is 16.2 Å². The second kappa shape index (κ2) is 8.40. The number of piperidine rings is 1. The van der Waals surface area contributed by atoms with Gasteiger partial charge in [0.05, 0.1) is 22.9 Å². The van der Waals surface area contributed by atoms with Crippen LogP contribution in [0.25, 0.3) is 0 Å². The fraction of sp³-hybridized carbons (Fsp3) is 0.538. The van der Waals surface area contributed by atoms with E-state index in [0.717, 1.165) is 25.6 Å². The highest BCUT2D eigenvalue weighted by atomic mass is 19.3. The highest BCUT2D eigenvalue weighted by Gasteiger charge is 2.55. The lowest BCUT2D eigenvalue weighted by Gasteiger charge is -2.20. The second-order valence-electron chi connectivity index (χ2n) is 11.0. The topological polar surface area (TPSA) is 66.4 Å². The van der Waals surface area contributed by atoms with Crippen LogP contribution in [0, 0.1) is 23.1 Å². The summed E-state index contributed by atoms with van der Waals surface area (Å²) in [6.07, 6.45) is -0.527. The molecule has 5 atom stereocenters. The van der Waals surface area contributed by atoms with Crippen molar-refractivity contribution < 1.29 is 18.0 Å². The first-order valence-corrected chi connectivity index (χ1v) is 12.1. The number of hydrogen-bond donors (Lipinski definition) is 2. The van der Waals surface area contributed by atoms with Gasteiger partial charge >= 0.3 is 0 Å². The Kier molecular flexibility index (Phi) is 5.74. The first kappa shape index (κ1) is 23.9. The van der Waals surface area contributed by atoms with E-state index in [2.05, 4.69) is 36.4 Å². The molecule has 1 aromatic carbocycles. The lowest BCUT2D eigenvalue weighted by molar-refractivity contribution is 0.0939. The van der Waals surface area contributed by atoms with Gasteiger partial charge in [-0.2, -0.15) is 0 Å². The van der Waals surface area contributed by atoms with E-state index in [-0.39, 0.29) is 28.6 Å². The molecule has 2 N–H and O–H groups in total. The Balaban J connectivity index is 1.43. The Hall–Kier alpha value is -2.81. The average molecular weight is 489 g/mol. The minimum absolute atomic E-state index is 0.00199. The number of nitrogens with one attached hydrogen (secondary N) is 2. The van der Waals surface area contributed by atoms with Crippen LogP contribution in [0.3, 0.4) is 0 Å². The second-order valence-corrected chi connectivity index (χ2v) is 11.0. The molecule has 1 saturated heterocycles. The molecule has 2 aromatic rings. The fourth-order valence-electron chi connectivity index (χ4n) is 5.56. The van der Waals surface area contributed by atoms with Crippen molar-refractivity contribution >= 4 is 11.6 Å². The smallest absolute Gasteiger partial charge is 0.266 e. The Bertz CT molecular complexity index is 1220. The van der Waals surface area contributed by atoms with Crippen LogP contribution in [-0.4, -0.2) is 41.6 Å². The van der Waals surface area contributed by atoms with Crippen LogP contribution in [0.15, 0.2) is 35.3 Å². The van der Waals surface area contributed by atoms with E-state index < -0.39 is 29.8 Å². The molecule has 1 aliphatic heterocycles. The minimum Gasteiger partial charge on any atom is -0.381 e. The SMILES string of the molecule is C[C@@H](NC(=O)c1cn([C@@H]2CC2(C)C)c(=O)cc1NC1[C@H]2CN(C)C[C@@H]12)c1cccc(C(F)F)c1F. The van der Waals surface area contributed by atoms with E-state index in [1.807, 2.05) is 0 Å². The Morgan fingerprint density at radius 3 is 2.40 bits per heavy atom. The zero-order valence-corrected chi connectivity index (χ0v) is 20.3. The Morgan fingerprint density at radius 1 is 1.17 bits per heavy atom. The third-order valence-corrected chi connectivity index (χ3v) is 7.93. The lowest BCUT2D eigenvalue weighted by Crippen LogP contribution is -2.32. The van der Waals surface area contributed by atoms with Gasteiger partial charge < -0.3 is 20.1 Å². The van der Waals surface area contributed by atoms with Gasteiger partial charge in [-0.05, 0) is 37.6 Å². The van der Waals surface area contributed by atoms with Crippen LogP contribution >= 0.6 is 0 Å². The molecule has 2 aliphatic carbocycles. The van der Waals surface area contributed by atoms with E-state index in [0.29, 0.717) is 23.1 Å². The van der Waals surface area contributed by atoms with E-state index in [1.165, 1.54) is 18.2 Å². The number of carbonyl (C=O) groups excluding carboxylic acids is 1. The van der Waals surface area contributed by atoms with Gasteiger partial charge in [-0.1, -0.05) is 32.0 Å². The number of benzene rings is 1. The van der Waals surface area contributed by atoms with E-state index in [9.17, 15) is 22.8 Å². The van der Waals surface area contributed by atoms with Crippen LogP contribution in [0.5, 0.6) is 0 Å². The van der Waals surface area contributed by atoms with E-state index >= 15 is 0 Å². The van der Waals surface area contributed by atoms with E-state index in [4.69, 9.17) is 0 Å². The molecule has 0 spiro atoms. The number of halogens is 3. The number of anilines is 1. The first-order valence-electron chi connectivity index (χ1n) is 12.1. The molecular weight excluding hydrogens is 457 g/mol. The van der Waals surface area contributed by atoms with Crippen molar-refractivity contribution in [3.63, 3.8) is 0 Å². The van der Waals surface area contributed by atoms with Crippen molar-refractivity contribution in [2.45, 2.75) is 51.7 Å². The molecule has 2 saturated carbocycles. The standard InChI is InChI=1S/C26H31F3N4O2/c1-13(14-6-5-7-15(22(14)27)24(28)29)30-25(35)18-12-33(20-9-26(20,2)3)21(34)8-19(18)31-23-16-10-32(4)11-17(16)23/h5-8,12-13,16-17,20,23-24,31H,9-11H2,1-4H3,(H,30,35)/t13-,16-,17+,20-,23?/m1/s1. The number of rotatable bonds is 7. The molecule has 0 bridgehead atoms. The molecule has 3 aliphatic rings.